The zero-order valence-corrected chi connectivity index (χ0v) is 19.0. The van der Waals surface area contributed by atoms with Gasteiger partial charge in [0.05, 0.1) is 12.8 Å². The van der Waals surface area contributed by atoms with Gasteiger partial charge in [0.15, 0.2) is 6.61 Å². The van der Waals surface area contributed by atoms with E-state index < -0.39 is 17.5 Å². The predicted molar refractivity (Wildman–Crippen MR) is 124 cm³/mol. The Morgan fingerprint density at radius 2 is 1.85 bits per heavy atom. The molecule has 0 atom stereocenters. The van der Waals surface area contributed by atoms with Gasteiger partial charge in [-0.3, -0.25) is 4.79 Å². The lowest BCUT2D eigenvalue weighted by Crippen LogP contribution is -2.27. The Morgan fingerprint density at radius 3 is 2.62 bits per heavy atom. The molecule has 174 valence electrons. The molecule has 0 aliphatic rings. The highest BCUT2D eigenvalue weighted by atomic mass is 16.6. The Labute approximate surface area is 195 Å². The van der Waals surface area contributed by atoms with Gasteiger partial charge in [-0.05, 0) is 73.9 Å². The quantitative estimate of drug-likeness (QED) is 0.249. The summed E-state index contributed by atoms with van der Waals surface area (Å²) in [6.45, 7) is 5.72. The maximum absolute atomic E-state index is 12.4. The van der Waals surface area contributed by atoms with Crippen LogP contribution in [-0.2, 0) is 11.3 Å². The first-order valence-corrected chi connectivity index (χ1v) is 10.6. The van der Waals surface area contributed by atoms with Gasteiger partial charge >= 0.3 is 11.6 Å². The van der Waals surface area contributed by atoms with Crippen LogP contribution in [0.1, 0.15) is 32.8 Å². The van der Waals surface area contributed by atoms with Gasteiger partial charge in [0.2, 0.25) is 0 Å². The molecule has 0 aliphatic heterocycles. The van der Waals surface area contributed by atoms with E-state index in [-0.39, 0.29) is 30.0 Å². The van der Waals surface area contributed by atoms with Gasteiger partial charge in [-0.15, -0.1) is 0 Å². The van der Waals surface area contributed by atoms with Gasteiger partial charge in [-0.1, -0.05) is 6.07 Å². The molecule has 0 bridgehead atoms. The van der Waals surface area contributed by atoms with Crippen LogP contribution in [0.15, 0.2) is 68.4 Å². The normalized spacial score (nSPS) is 10.8. The van der Waals surface area contributed by atoms with Crippen molar-refractivity contribution in [3.63, 3.8) is 0 Å². The predicted octanol–water partition coefficient (Wildman–Crippen LogP) is 4.23. The third-order valence-corrected chi connectivity index (χ3v) is 5.30. The molecular weight excluding hydrogens is 438 g/mol. The number of ether oxygens (including phenoxy) is 2. The molecule has 2 aromatic heterocycles. The van der Waals surface area contributed by atoms with Gasteiger partial charge < -0.3 is 23.6 Å². The highest BCUT2D eigenvalue weighted by Gasteiger charge is 2.15. The Morgan fingerprint density at radius 1 is 1.03 bits per heavy atom. The molecule has 8 nitrogen and oxygen atoms in total. The van der Waals surface area contributed by atoms with Crippen molar-refractivity contribution in [3.05, 3.63) is 93.2 Å². The van der Waals surface area contributed by atoms with Gasteiger partial charge in [0.25, 0.3) is 5.91 Å². The number of rotatable bonds is 7. The minimum Gasteiger partial charge on any atom is -0.482 e. The van der Waals surface area contributed by atoms with Gasteiger partial charge in [-0.25, -0.2) is 9.59 Å². The van der Waals surface area contributed by atoms with Crippen molar-refractivity contribution < 1.29 is 27.9 Å². The number of carbonyl (C=O) groups excluding carboxylic acids is 2. The first-order valence-electron chi connectivity index (χ1n) is 10.6. The fraction of sp³-hybridized carbons (Fsp3) is 0.192. The molecule has 2 aromatic carbocycles. The summed E-state index contributed by atoms with van der Waals surface area (Å²) in [4.78, 5) is 37.0. The van der Waals surface area contributed by atoms with Gasteiger partial charge in [0.1, 0.15) is 28.4 Å². The maximum Gasteiger partial charge on any atom is 0.349 e. The molecule has 8 heteroatoms. The highest BCUT2D eigenvalue weighted by molar-refractivity contribution is 5.96. The first kappa shape index (κ1) is 22.8. The maximum atomic E-state index is 12.4. The van der Waals surface area contributed by atoms with Crippen molar-refractivity contribution >= 4 is 22.8 Å². The van der Waals surface area contributed by atoms with E-state index in [9.17, 15) is 14.4 Å². The van der Waals surface area contributed by atoms with Crippen molar-refractivity contribution in [2.24, 2.45) is 0 Å². The lowest BCUT2D eigenvalue weighted by atomic mass is 10.1. The first-order chi connectivity index (χ1) is 16.3. The average Bonchev–Trinajstić information content (AvgIpc) is 3.32. The van der Waals surface area contributed by atoms with Crippen LogP contribution in [0.5, 0.6) is 11.5 Å². The summed E-state index contributed by atoms with van der Waals surface area (Å²) in [7, 11) is 0. The molecule has 1 amide bonds. The fourth-order valence-electron chi connectivity index (χ4n) is 3.44. The summed E-state index contributed by atoms with van der Waals surface area (Å²) in [6.07, 6.45) is 1.49. The molecule has 0 fully saturated rings. The Balaban J connectivity index is 1.43. The molecule has 0 radical (unpaired) electrons. The molecule has 0 spiro atoms. The van der Waals surface area contributed by atoms with Gasteiger partial charge in [-0.2, -0.15) is 0 Å². The zero-order valence-electron chi connectivity index (χ0n) is 19.0. The largest absolute Gasteiger partial charge is 0.482 e. The van der Waals surface area contributed by atoms with E-state index in [1.807, 2.05) is 32.9 Å². The van der Waals surface area contributed by atoms with Gasteiger partial charge in [0, 0.05) is 11.5 Å². The van der Waals surface area contributed by atoms with Crippen LogP contribution < -0.4 is 20.4 Å². The number of aryl methyl sites for hydroxylation is 2. The second kappa shape index (κ2) is 9.66. The SMILES string of the molecule is Cc1cc(C)c(C)c(OCC(=O)Oc2ccc3cc(C(=O)NCc4ccco4)c(=O)oc3c2)c1. The standard InChI is InChI=1S/C26H23NO7/c1-15-9-16(2)17(3)22(10-15)32-14-24(28)33-19-7-6-18-11-21(26(30)34-23(18)12-19)25(29)27-13-20-5-4-8-31-20/h4-12H,13-14H2,1-3H3,(H,27,29). The molecule has 2 heterocycles. The molecule has 1 N–H and O–H groups in total. The molecule has 0 unspecified atom stereocenters. The molecule has 4 aromatic rings. The van der Waals surface area contributed by atoms with E-state index in [0.29, 0.717) is 16.9 Å². The van der Waals surface area contributed by atoms with Crippen LogP contribution >= 0.6 is 0 Å². The van der Waals surface area contributed by atoms with Crippen LogP contribution in [0.25, 0.3) is 11.0 Å². The smallest absolute Gasteiger partial charge is 0.349 e. The number of furan rings is 1. The Hall–Kier alpha value is -4.33. The van der Waals surface area contributed by atoms with E-state index in [1.165, 1.54) is 18.4 Å². The van der Waals surface area contributed by atoms with Crippen LogP contribution in [0.3, 0.4) is 0 Å². The van der Waals surface area contributed by atoms with Crippen LogP contribution in [-0.4, -0.2) is 18.5 Å². The fourth-order valence-corrected chi connectivity index (χ4v) is 3.44. The number of hydrogen-bond donors (Lipinski definition) is 1. The second-order valence-electron chi connectivity index (χ2n) is 7.88. The number of nitrogens with one attached hydrogen (secondary N) is 1. The summed E-state index contributed by atoms with van der Waals surface area (Å²) >= 11 is 0. The van der Waals surface area contributed by atoms with Crippen molar-refractivity contribution in [2.45, 2.75) is 27.3 Å². The number of amides is 1. The molecule has 0 aliphatic carbocycles. The topological polar surface area (TPSA) is 108 Å². The second-order valence-corrected chi connectivity index (χ2v) is 7.88. The van der Waals surface area contributed by atoms with E-state index in [0.717, 1.165) is 16.7 Å². The average molecular weight is 461 g/mol. The van der Waals surface area contributed by atoms with E-state index in [4.69, 9.17) is 18.3 Å². The van der Waals surface area contributed by atoms with Crippen molar-refractivity contribution in [3.8, 4) is 11.5 Å². The van der Waals surface area contributed by atoms with Crippen molar-refractivity contribution in [1.29, 1.82) is 0 Å². The molecule has 0 saturated carbocycles. The molecule has 4 rings (SSSR count). The number of hydrogen-bond acceptors (Lipinski definition) is 7. The summed E-state index contributed by atoms with van der Waals surface area (Å²) in [6, 6.07) is 13.3. The third kappa shape index (κ3) is 5.17. The lowest BCUT2D eigenvalue weighted by Gasteiger charge is -2.12. The monoisotopic (exact) mass is 461 g/mol. The van der Waals surface area contributed by atoms with E-state index in [1.54, 1.807) is 24.3 Å². The van der Waals surface area contributed by atoms with E-state index >= 15 is 0 Å². The van der Waals surface area contributed by atoms with E-state index in [2.05, 4.69) is 5.32 Å². The lowest BCUT2D eigenvalue weighted by molar-refractivity contribution is -0.136. The third-order valence-electron chi connectivity index (χ3n) is 5.30. The number of carbonyl (C=O) groups is 2. The highest BCUT2D eigenvalue weighted by Crippen LogP contribution is 2.24. The molecule has 0 saturated heterocycles. The number of esters is 1. The Bertz CT molecular complexity index is 1420. The van der Waals surface area contributed by atoms with Crippen LogP contribution in [0, 0.1) is 20.8 Å². The summed E-state index contributed by atoms with van der Waals surface area (Å²) in [5.41, 5.74) is 2.30. The molecular formula is C26H23NO7. The minimum absolute atomic E-state index is 0.138. The zero-order chi connectivity index (χ0) is 24.2. The molecule has 34 heavy (non-hydrogen) atoms. The number of benzene rings is 2. The Kier molecular flexibility index (Phi) is 6.49. The minimum atomic E-state index is -0.804. The van der Waals surface area contributed by atoms with Crippen molar-refractivity contribution in [1.82, 2.24) is 5.32 Å². The van der Waals surface area contributed by atoms with Crippen molar-refractivity contribution in [2.75, 3.05) is 6.61 Å². The number of fused-ring (bicyclic) bond motifs is 1. The summed E-state index contributed by atoms with van der Waals surface area (Å²) in [5, 5.41) is 3.11. The summed E-state index contributed by atoms with van der Waals surface area (Å²) < 4.78 is 21.4. The van der Waals surface area contributed by atoms with Crippen LogP contribution in [0.2, 0.25) is 0 Å². The van der Waals surface area contributed by atoms with Crippen LogP contribution in [0.4, 0.5) is 0 Å². The summed E-state index contributed by atoms with van der Waals surface area (Å²) in [5.74, 6) is 0.186.